The Labute approximate surface area is 95.4 Å². The molecule has 1 aliphatic rings. The van der Waals surface area contributed by atoms with Gasteiger partial charge in [0.15, 0.2) is 0 Å². The molecule has 82 valence electrons. The predicted octanol–water partition coefficient (Wildman–Crippen LogP) is 3.21. The van der Waals surface area contributed by atoms with Crippen molar-refractivity contribution in [2.75, 3.05) is 0 Å². The van der Waals surface area contributed by atoms with Crippen LogP contribution in [-0.4, -0.2) is 11.0 Å². The van der Waals surface area contributed by atoms with E-state index in [-0.39, 0.29) is 0 Å². The van der Waals surface area contributed by atoms with Gasteiger partial charge in [0.25, 0.3) is 0 Å². The summed E-state index contributed by atoms with van der Waals surface area (Å²) in [6.45, 7) is 4.31. The van der Waals surface area contributed by atoms with Crippen molar-refractivity contribution in [3.05, 3.63) is 28.2 Å². The van der Waals surface area contributed by atoms with E-state index in [1.54, 1.807) is 11.3 Å². The van der Waals surface area contributed by atoms with Gasteiger partial charge in [-0.15, -0.1) is 11.3 Å². The van der Waals surface area contributed by atoms with Gasteiger partial charge < -0.3 is 5.32 Å². The minimum Gasteiger partial charge on any atom is -0.303 e. The van der Waals surface area contributed by atoms with Gasteiger partial charge in [-0.05, 0) is 33.1 Å². The second-order valence-corrected chi connectivity index (χ2v) is 5.04. The number of hydrogen-bond acceptors (Lipinski definition) is 3. The average Bonchev–Trinajstić information content (AvgIpc) is 2.66. The first-order valence-electron chi connectivity index (χ1n) is 5.60. The molecule has 0 aromatic carbocycles. The number of hydrogen-bond donors (Lipinski definition) is 1. The van der Waals surface area contributed by atoms with E-state index in [1.165, 1.54) is 29.8 Å². The average molecular weight is 222 g/mol. The molecular weight excluding hydrogens is 204 g/mol. The Kier molecular flexibility index (Phi) is 3.54. The number of aryl methyl sites for hydroxylation is 1. The standard InChI is InChI=1S/C12H18N2S/c1-9-12(15-8-13-9)10(2)14-11-6-4-3-5-7-11/h4,6,8,10-11,14H,3,5,7H2,1-2H3. The highest BCUT2D eigenvalue weighted by Gasteiger charge is 2.15. The lowest BCUT2D eigenvalue weighted by atomic mass is 10.0. The minimum absolute atomic E-state index is 0.422. The molecule has 0 aliphatic heterocycles. The van der Waals surface area contributed by atoms with Crippen LogP contribution in [0.15, 0.2) is 17.7 Å². The summed E-state index contributed by atoms with van der Waals surface area (Å²) in [7, 11) is 0. The predicted molar refractivity (Wildman–Crippen MR) is 65.2 cm³/mol. The maximum Gasteiger partial charge on any atom is 0.0798 e. The Morgan fingerprint density at radius 3 is 3.07 bits per heavy atom. The van der Waals surface area contributed by atoms with Gasteiger partial charge in [0, 0.05) is 17.0 Å². The first kappa shape index (κ1) is 10.8. The Balaban J connectivity index is 1.97. The molecule has 1 aliphatic carbocycles. The van der Waals surface area contributed by atoms with Crippen LogP contribution in [0, 0.1) is 6.92 Å². The third-order valence-electron chi connectivity index (χ3n) is 2.89. The summed E-state index contributed by atoms with van der Waals surface area (Å²) in [6, 6.07) is 0.973. The highest BCUT2D eigenvalue weighted by atomic mass is 32.1. The van der Waals surface area contributed by atoms with Crippen LogP contribution in [0.3, 0.4) is 0 Å². The molecule has 0 saturated carbocycles. The maximum absolute atomic E-state index is 4.29. The largest absolute Gasteiger partial charge is 0.303 e. The van der Waals surface area contributed by atoms with Gasteiger partial charge in [-0.3, -0.25) is 0 Å². The van der Waals surface area contributed by atoms with E-state index in [4.69, 9.17) is 0 Å². The highest BCUT2D eigenvalue weighted by Crippen LogP contribution is 2.23. The van der Waals surface area contributed by atoms with E-state index in [1.807, 2.05) is 5.51 Å². The van der Waals surface area contributed by atoms with Crippen LogP contribution in [-0.2, 0) is 0 Å². The number of thiazole rings is 1. The quantitative estimate of drug-likeness (QED) is 0.794. The zero-order chi connectivity index (χ0) is 10.7. The van der Waals surface area contributed by atoms with E-state index in [0.717, 1.165) is 0 Å². The molecule has 15 heavy (non-hydrogen) atoms. The molecule has 2 rings (SSSR count). The fourth-order valence-electron chi connectivity index (χ4n) is 2.07. The highest BCUT2D eigenvalue weighted by molar-refractivity contribution is 7.09. The van der Waals surface area contributed by atoms with Crippen molar-refractivity contribution in [2.45, 2.75) is 45.2 Å². The lowest BCUT2D eigenvalue weighted by molar-refractivity contribution is 0.470. The van der Waals surface area contributed by atoms with Gasteiger partial charge in [-0.1, -0.05) is 12.2 Å². The summed E-state index contributed by atoms with van der Waals surface area (Å²) >= 11 is 1.75. The molecule has 1 heterocycles. The molecule has 1 aromatic heterocycles. The van der Waals surface area contributed by atoms with Gasteiger partial charge in [0.05, 0.1) is 11.2 Å². The van der Waals surface area contributed by atoms with Gasteiger partial charge in [-0.2, -0.15) is 0 Å². The third-order valence-corrected chi connectivity index (χ3v) is 4.01. The third kappa shape index (κ3) is 2.67. The topological polar surface area (TPSA) is 24.9 Å². The van der Waals surface area contributed by atoms with Crippen molar-refractivity contribution >= 4 is 11.3 Å². The molecular formula is C12H18N2S. The van der Waals surface area contributed by atoms with Crippen LogP contribution in [0.5, 0.6) is 0 Å². The molecule has 0 radical (unpaired) electrons. The van der Waals surface area contributed by atoms with Crippen molar-refractivity contribution < 1.29 is 0 Å². The van der Waals surface area contributed by atoms with Crippen LogP contribution in [0.25, 0.3) is 0 Å². The Hall–Kier alpha value is -0.670. The molecule has 3 heteroatoms. The van der Waals surface area contributed by atoms with E-state index < -0.39 is 0 Å². The smallest absolute Gasteiger partial charge is 0.0798 e. The number of nitrogens with one attached hydrogen (secondary N) is 1. The van der Waals surface area contributed by atoms with Gasteiger partial charge in [0.1, 0.15) is 0 Å². The number of allylic oxidation sites excluding steroid dienone is 1. The lowest BCUT2D eigenvalue weighted by Gasteiger charge is -2.22. The fraction of sp³-hybridized carbons (Fsp3) is 0.583. The summed E-state index contributed by atoms with van der Waals surface area (Å²) in [5.74, 6) is 0. The molecule has 2 unspecified atom stereocenters. The van der Waals surface area contributed by atoms with Crippen LogP contribution < -0.4 is 5.32 Å². The second-order valence-electron chi connectivity index (χ2n) is 4.16. The number of rotatable bonds is 3. The molecule has 2 nitrogen and oxygen atoms in total. The first-order valence-corrected chi connectivity index (χ1v) is 6.48. The van der Waals surface area contributed by atoms with Gasteiger partial charge >= 0.3 is 0 Å². The van der Waals surface area contributed by atoms with Crippen molar-refractivity contribution in [1.29, 1.82) is 0 Å². The lowest BCUT2D eigenvalue weighted by Crippen LogP contribution is -2.30. The molecule has 0 fully saturated rings. The molecule has 0 saturated heterocycles. The monoisotopic (exact) mass is 222 g/mol. The molecule has 2 atom stereocenters. The normalized spacial score (nSPS) is 22.9. The van der Waals surface area contributed by atoms with Crippen LogP contribution in [0.4, 0.5) is 0 Å². The van der Waals surface area contributed by atoms with E-state index in [0.29, 0.717) is 12.1 Å². The van der Waals surface area contributed by atoms with E-state index in [2.05, 4.69) is 36.3 Å². The SMILES string of the molecule is Cc1ncsc1C(C)NC1C=CCCC1. The van der Waals surface area contributed by atoms with E-state index in [9.17, 15) is 0 Å². The van der Waals surface area contributed by atoms with Crippen LogP contribution in [0.1, 0.15) is 42.8 Å². The number of aromatic nitrogens is 1. The summed E-state index contributed by atoms with van der Waals surface area (Å²) in [4.78, 5) is 5.66. The Morgan fingerprint density at radius 1 is 1.60 bits per heavy atom. The molecule has 0 bridgehead atoms. The Morgan fingerprint density at radius 2 is 2.47 bits per heavy atom. The van der Waals surface area contributed by atoms with Crippen LogP contribution >= 0.6 is 11.3 Å². The second kappa shape index (κ2) is 4.90. The first-order chi connectivity index (χ1) is 7.27. The van der Waals surface area contributed by atoms with Crippen molar-refractivity contribution in [2.24, 2.45) is 0 Å². The van der Waals surface area contributed by atoms with E-state index >= 15 is 0 Å². The number of nitrogens with zero attached hydrogens (tertiary/aromatic N) is 1. The summed E-state index contributed by atoms with van der Waals surface area (Å²) < 4.78 is 0. The zero-order valence-corrected chi connectivity index (χ0v) is 10.2. The van der Waals surface area contributed by atoms with Gasteiger partial charge in [-0.25, -0.2) is 4.98 Å². The maximum atomic E-state index is 4.29. The molecule has 1 N–H and O–H groups in total. The fourth-order valence-corrected chi connectivity index (χ4v) is 2.89. The van der Waals surface area contributed by atoms with Crippen LogP contribution in [0.2, 0.25) is 0 Å². The van der Waals surface area contributed by atoms with Gasteiger partial charge in [0.2, 0.25) is 0 Å². The van der Waals surface area contributed by atoms with Crippen molar-refractivity contribution in [3.8, 4) is 0 Å². The summed E-state index contributed by atoms with van der Waals surface area (Å²) in [5, 5.41) is 3.65. The molecule has 1 aromatic rings. The summed E-state index contributed by atoms with van der Waals surface area (Å²) in [5.41, 5.74) is 3.10. The Bertz CT molecular complexity index is 343. The van der Waals surface area contributed by atoms with Crippen molar-refractivity contribution in [3.63, 3.8) is 0 Å². The minimum atomic E-state index is 0.422. The molecule has 0 amide bonds. The summed E-state index contributed by atoms with van der Waals surface area (Å²) in [6.07, 6.45) is 8.40. The van der Waals surface area contributed by atoms with Crippen molar-refractivity contribution in [1.82, 2.24) is 10.3 Å². The molecule has 0 spiro atoms. The zero-order valence-electron chi connectivity index (χ0n) is 9.36.